The number of amides is 1. The van der Waals surface area contributed by atoms with Crippen LogP contribution < -0.4 is 5.43 Å². The minimum absolute atomic E-state index is 0.121. The summed E-state index contributed by atoms with van der Waals surface area (Å²) in [5.41, 5.74) is 2.47. The number of benzene rings is 2. The number of hydrazone groups is 1. The lowest BCUT2D eigenvalue weighted by Gasteiger charge is -2.09. The van der Waals surface area contributed by atoms with Gasteiger partial charge in [-0.25, -0.2) is 5.43 Å². The number of nitrogens with one attached hydrogen (secondary N) is 2. The van der Waals surface area contributed by atoms with Gasteiger partial charge in [-0.15, -0.1) is 0 Å². The Kier molecular flexibility index (Phi) is 4.07. The predicted octanol–water partition coefficient (Wildman–Crippen LogP) is 3.95. The first kappa shape index (κ1) is 15.8. The van der Waals surface area contributed by atoms with E-state index in [4.69, 9.17) is 0 Å². The molecule has 0 radical (unpaired) electrons. The minimum atomic E-state index is -4.48. The predicted molar refractivity (Wildman–Crippen MR) is 84.8 cm³/mol. The molecule has 7 heteroatoms. The van der Waals surface area contributed by atoms with Crippen molar-refractivity contribution in [1.82, 2.24) is 10.4 Å². The molecule has 1 heterocycles. The summed E-state index contributed by atoms with van der Waals surface area (Å²) in [6.07, 6.45) is -1.97. The van der Waals surface area contributed by atoms with Crippen molar-refractivity contribution < 1.29 is 18.0 Å². The lowest BCUT2D eigenvalue weighted by atomic mass is 10.1. The van der Waals surface area contributed by atoms with E-state index in [-0.39, 0.29) is 5.56 Å². The monoisotopic (exact) mass is 331 g/mol. The summed E-state index contributed by atoms with van der Waals surface area (Å²) >= 11 is 0. The van der Waals surface area contributed by atoms with Crippen LogP contribution in [0, 0.1) is 0 Å². The summed E-state index contributed by atoms with van der Waals surface area (Å²) in [5, 5.41) is 4.35. The van der Waals surface area contributed by atoms with E-state index in [1.807, 2.05) is 12.1 Å². The molecule has 0 atom stereocenters. The number of para-hydroxylation sites is 1. The highest BCUT2D eigenvalue weighted by molar-refractivity contribution is 6.06. The van der Waals surface area contributed by atoms with Gasteiger partial charge in [-0.2, -0.15) is 18.3 Å². The Labute approximate surface area is 135 Å². The van der Waals surface area contributed by atoms with E-state index in [1.165, 1.54) is 24.4 Å². The van der Waals surface area contributed by atoms with E-state index >= 15 is 0 Å². The molecule has 24 heavy (non-hydrogen) atoms. The fourth-order valence-corrected chi connectivity index (χ4v) is 2.35. The second-order valence-corrected chi connectivity index (χ2v) is 5.03. The standard InChI is InChI=1S/C17H12F3N3O/c18-17(19,20)14-7-3-1-5-11(14)9-22-23-16(24)13-10-21-15-8-4-2-6-12(13)15/h1-10,21H,(H,23,24)/b22-9+. The maximum Gasteiger partial charge on any atom is 0.417 e. The smallest absolute Gasteiger partial charge is 0.360 e. The van der Waals surface area contributed by atoms with Crippen molar-refractivity contribution in [3.63, 3.8) is 0 Å². The van der Waals surface area contributed by atoms with Gasteiger partial charge in [0, 0.05) is 22.7 Å². The molecule has 1 aromatic heterocycles. The molecule has 3 aromatic rings. The lowest BCUT2D eigenvalue weighted by Crippen LogP contribution is -2.17. The molecule has 1 amide bonds. The van der Waals surface area contributed by atoms with Gasteiger partial charge in [0.25, 0.3) is 5.91 Å². The number of aromatic amines is 1. The highest BCUT2D eigenvalue weighted by Gasteiger charge is 2.32. The van der Waals surface area contributed by atoms with Crippen molar-refractivity contribution in [3.8, 4) is 0 Å². The topological polar surface area (TPSA) is 57.2 Å². The third-order valence-corrected chi connectivity index (χ3v) is 3.47. The highest BCUT2D eigenvalue weighted by atomic mass is 19.4. The molecule has 0 fully saturated rings. The van der Waals surface area contributed by atoms with Gasteiger partial charge in [-0.05, 0) is 12.1 Å². The minimum Gasteiger partial charge on any atom is -0.360 e. The maximum atomic E-state index is 12.9. The Morgan fingerprint density at radius 1 is 1.08 bits per heavy atom. The van der Waals surface area contributed by atoms with E-state index in [1.54, 1.807) is 12.1 Å². The van der Waals surface area contributed by atoms with Crippen LogP contribution in [0.1, 0.15) is 21.5 Å². The van der Waals surface area contributed by atoms with Crippen LogP contribution in [0.2, 0.25) is 0 Å². The van der Waals surface area contributed by atoms with E-state index in [2.05, 4.69) is 15.5 Å². The first-order chi connectivity index (χ1) is 11.5. The summed E-state index contributed by atoms with van der Waals surface area (Å²) < 4.78 is 38.6. The number of carbonyl (C=O) groups is 1. The van der Waals surface area contributed by atoms with Crippen LogP contribution >= 0.6 is 0 Å². The summed E-state index contributed by atoms with van der Waals surface area (Å²) in [6.45, 7) is 0. The Morgan fingerprint density at radius 3 is 2.58 bits per heavy atom. The van der Waals surface area contributed by atoms with E-state index < -0.39 is 17.6 Å². The second kappa shape index (κ2) is 6.19. The van der Waals surface area contributed by atoms with Crippen LogP contribution in [-0.4, -0.2) is 17.1 Å². The van der Waals surface area contributed by atoms with Gasteiger partial charge in [0.1, 0.15) is 0 Å². The number of nitrogens with zero attached hydrogens (tertiary/aromatic N) is 1. The van der Waals surface area contributed by atoms with Gasteiger partial charge in [0.05, 0.1) is 17.3 Å². The van der Waals surface area contributed by atoms with Crippen LogP contribution in [0.25, 0.3) is 10.9 Å². The maximum absolute atomic E-state index is 12.9. The summed E-state index contributed by atoms with van der Waals surface area (Å²) in [6, 6.07) is 12.2. The number of carbonyl (C=O) groups excluding carboxylic acids is 1. The fraction of sp³-hybridized carbons (Fsp3) is 0.0588. The first-order valence-corrected chi connectivity index (χ1v) is 7.02. The zero-order valence-electron chi connectivity index (χ0n) is 12.3. The van der Waals surface area contributed by atoms with Gasteiger partial charge in [0.15, 0.2) is 0 Å². The zero-order valence-corrected chi connectivity index (χ0v) is 12.3. The van der Waals surface area contributed by atoms with Crippen molar-refractivity contribution in [2.24, 2.45) is 5.10 Å². The molecule has 0 unspecified atom stereocenters. The molecule has 4 nitrogen and oxygen atoms in total. The van der Waals surface area contributed by atoms with Gasteiger partial charge < -0.3 is 4.98 Å². The van der Waals surface area contributed by atoms with Crippen molar-refractivity contribution in [2.75, 3.05) is 0 Å². The lowest BCUT2D eigenvalue weighted by molar-refractivity contribution is -0.137. The highest BCUT2D eigenvalue weighted by Crippen LogP contribution is 2.31. The first-order valence-electron chi connectivity index (χ1n) is 7.02. The van der Waals surface area contributed by atoms with Gasteiger partial charge >= 0.3 is 6.18 Å². The Balaban J connectivity index is 1.79. The molecule has 3 rings (SSSR count). The Hall–Kier alpha value is -3.09. The van der Waals surface area contributed by atoms with Crippen LogP contribution in [0.4, 0.5) is 13.2 Å². The molecule has 0 saturated heterocycles. The van der Waals surface area contributed by atoms with Gasteiger partial charge in [0.2, 0.25) is 0 Å². The molecule has 0 aliphatic rings. The third kappa shape index (κ3) is 3.15. The van der Waals surface area contributed by atoms with E-state index in [0.717, 1.165) is 17.8 Å². The van der Waals surface area contributed by atoms with Gasteiger partial charge in [-0.1, -0.05) is 36.4 Å². The molecule has 0 aliphatic heterocycles. The van der Waals surface area contributed by atoms with Crippen molar-refractivity contribution in [3.05, 3.63) is 71.4 Å². The molecule has 2 aromatic carbocycles. The number of hydrogen-bond donors (Lipinski definition) is 2. The van der Waals surface area contributed by atoms with Crippen molar-refractivity contribution in [2.45, 2.75) is 6.18 Å². The number of rotatable bonds is 3. The molecule has 122 valence electrons. The number of alkyl halides is 3. The number of aromatic nitrogens is 1. The van der Waals surface area contributed by atoms with Crippen LogP contribution in [0.3, 0.4) is 0 Å². The normalized spacial score (nSPS) is 12.0. The fourth-order valence-electron chi connectivity index (χ4n) is 2.35. The van der Waals surface area contributed by atoms with Crippen LogP contribution in [0.15, 0.2) is 59.8 Å². The Morgan fingerprint density at radius 2 is 1.79 bits per heavy atom. The number of H-pyrrole nitrogens is 1. The Bertz CT molecular complexity index is 913. The molecule has 0 bridgehead atoms. The average molecular weight is 331 g/mol. The summed E-state index contributed by atoms with van der Waals surface area (Å²) in [4.78, 5) is 15.1. The quantitative estimate of drug-likeness (QED) is 0.554. The largest absolute Gasteiger partial charge is 0.417 e. The van der Waals surface area contributed by atoms with E-state index in [0.29, 0.717) is 10.9 Å². The third-order valence-electron chi connectivity index (χ3n) is 3.47. The molecular formula is C17H12F3N3O. The number of fused-ring (bicyclic) bond motifs is 1. The zero-order chi connectivity index (χ0) is 17.2. The number of halogens is 3. The summed E-state index contributed by atoms with van der Waals surface area (Å²) in [7, 11) is 0. The van der Waals surface area contributed by atoms with Crippen molar-refractivity contribution in [1.29, 1.82) is 0 Å². The molecule has 0 aliphatic carbocycles. The van der Waals surface area contributed by atoms with Crippen LogP contribution in [-0.2, 0) is 6.18 Å². The average Bonchev–Trinajstić information content (AvgIpc) is 2.98. The molecular weight excluding hydrogens is 319 g/mol. The summed E-state index contributed by atoms with van der Waals surface area (Å²) in [5.74, 6) is -0.506. The van der Waals surface area contributed by atoms with E-state index in [9.17, 15) is 18.0 Å². The van der Waals surface area contributed by atoms with Gasteiger partial charge in [-0.3, -0.25) is 4.79 Å². The number of hydrogen-bond acceptors (Lipinski definition) is 2. The molecule has 0 saturated carbocycles. The SMILES string of the molecule is O=C(N/N=C/c1ccccc1C(F)(F)F)c1c[nH]c2ccccc12. The molecule has 2 N–H and O–H groups in total. The second-order valence-electron chi connectivity index (χ2n) is 5.03. The van der Waals surface area contributed by atoms with Crippen LogP contribution in [0.5, 0.6) is 0 Å². The van der Waals surface area contributed by atoms with Crippen molar-refractivity contribution >= 4 is 23.0 Å². The molecule has 0 spiro atoms.